The molecular formula is C13H19NO. The summed E-state index contributed by atoms with van der Waals surface area (Å²) in [6.07, 6.45) is 4.40. The third kappa shape index (κ3) is 4.66. The van der Waals surface area contributed by atoms with E-state index in [1.165, 1.54) is 5.56 Å². The van der Waals surface area contributed by atoms with Crippen molar-refractivity contribution in [2.24, 2.45) is 0 Å². The second kappa shape index (κ2) is 6.25. The molecule has 0 heterocycles. The number of rotatable bonds is 5. The Labute approximate surface area is 92.0 Å². The highest BCUT2D eigenvalue weighted by Gasteiger charge is 1.96. The molecule has 0 aliphatic heterocycles. The Bertz CT molecular complexity index is 318. The van der Waals surface area contributed by atoms with Crippen molar-refractivity contribution in [3.8, 4) is 5.75 Å². The van der Waals surface area contributed by atoms with Crippen molar-refractivity contribution in [2.45, 2.75) is 20.0 Å². The molecule has 1 aromatic carbocycles. The van der Waals surface area contributed by atoms with Crippen LogP contribution < -0.4 is 10.1 Å². The molecule has 0 aromatic heterocycles. The van der Waals surface area contributed by atoms with Gasteiger partial charge in [0, 0.05) is 6.54 Å². The second-order valence-electron chi connectivity index (χ2n) is 3.70. The summed E-state index contributed by atoms with van der Waals surface area (Å²) in [4.78, 5) is 0. The van der Waals surface area contributed by atoms with E-state index in [0.717, 1.165) is 12.3 Å². The fraction of sp³-hybridized carbons (Fsp3) is 0.385. The van der Waals surface area contributed by atoms with E-state index < -0.39 is 0 Å². The maximum absolute atomic E-state index is 5.61. The number of hydrogen-bond acceptors (Lipinski definition) is 2. The molecule has 82 valence electrons. The summed E-state index contributed by atoms with van der Waals surface area (Å²) in [5.41, 5.74) is 1.17. The van der Waals surface area contributed by atoms with Crippen LogP contribution in [0.4, 0.5) is 0 Å². The topological polar surface area (TPSA) is 21.3 Å². The number of hydrogen-bond donors (Lipinski definition) is 1. The quantitative estimate of drug-likeness (QED) is 0.798. The normalized spacial score (nSPS) is 11.2. The molecule has 2 heteroatoms. The maximum Gasteiger partial charge on any atom is 0.120 e. The van der Waals surface area contributed by atoms with E-state index in [2.05, 4.69) is 23.5 Å². The highest BCUT2D eigenvalue weighted by molar-refractivity contribution is 5.51. The largest absolute Gasteiger partial charge is 0.491 e. The Hall–Kier alpha value is -1.28. The Morgan fingerprint density at radius 3 is 2.87 bits per heavy atom. The first-order valence-corrected chi connectivity index (χ1v) is 5.30. The molecule has 0 aliphatic rings. The van der Waals surface area contributed by atoms with Gasteiger partial charge in [0.1, 0.15) is 5.75 Å². The third-order valence-corrected chi connectivity index (χ3v) is 1.86. The fourth-order valence-corrected chi connectivity index (χ4v) is 1.28. The van der Waals surface area contributed by atoms with E-state index in [0.29, 0.717) is 0 Å². The summed E-state index contributed by atoms with van der Waals surface area (Å²) in [5.74, 6) is 0.927. The van der Waals surface area contributed by atoms with Crippen LogP contribution in [0.25, 0.3) is 6.08 Å². The predicted octanol–water partition coefficient (Wildman–Crippen LogP) is 2.71. The SMILES string of the molecule is CNCC=Cc1cccc(OC(C)C)c1. The van der Waals surface area contributed by atoms with Crippen LogP contribution in [-0.2, 0) is 0 Å². The lowest BCUT2D eigenvalue weighted by Gasteiger charge is -2.09. The Morgan fingerprint density at radius 2 is 2.20 bits per heavy atom. The van der Waals surface area contributed by atoms with Crippen LogP contribution in [0.5, 0.6) is 5.75 Å². The van der Waals surface area contributed by atoms with Gasteiger partial charge in [0.15, 0.2) is 0 Å². The standard InChI is InChI=1S/C13H19NO/c1-11(2)15-13-8-4-6-12(10-13)7-5-9-14-3/h4-8,10-11,14H,9H2,1-3H3. The lowest BCUT2D eigenvalue weighted by molar-refractivity contribution is 0.242. The van der Waals surface area contributed by atoms with Crippen molar-refractivity contribution in [1.29, 1.82) is 0 Å². The minimum absolute atomic E-state index is 0.224. The summed E-state index contributed by atoms with van der Waals surface area (Å²) < 4.78 is 5.61. The lowest BCUT2D eigenvalue weighted by Crippen LogP contribution is -2.05. The van der Waals surface area contributed by atoms with Crippen molar-refractivity contribution < 1.29 is 4.74 Å². The Kier molecular flexibility index (Phi) is 4.91. The Balaban J connectivity index is 2.65. The highest BCUT2D eigenvalue weighted by atomic mass is 16.5. The van der Waals surface area contributed by atoms with Crippen LogP contribution in [0.3, 0.4) is 0 Å². The highest BCUT2D eigenvalue weighted by Crippen LogP contribution is 2.15. The molecule has 15 heavy (non-hydrogen) atoms. The van der Waals surface area contributed by atoms with Gasteiger partial charge in [-0.3, -0.25) is 0 Å². The first-order valence-electron chi connectivity index (χ1n) is 5.30. The molecule has 0 spiro atoms. The van der Waals surface area contributed by atoms with Crippen molar-refractivity contribution in [2.75, 3.05) is 13.6 Å². The average Bonchev–Trinajstić information content (AvgIpc) is 2.18. The van der Waals surface area contributed by atoms with E-state index >= 15 is 0 Å². The molecule has 1 rings (SSSR count). The summed E-state index contributed by atoms with van der Waals surface area (Å²) >= 11 is 0. The molecule has 0 amide bonds. The molecule has 1 aromatic rings. The number of likely N-dealkylation sites (N-methyl/N-ethyl adjacent to an activating group) is 1. The van der Waals surface area contributed by atoms with Crippen LogP contribution in [-0.4, -0.2) is 19.7 Å². The van der Waals surface area contributed by atoms with Crippen molar-refractivity contribution in [3.05, 3.63) is 35.9 Å². The minimum atomic E-state index is 0.224. The summed E-state index contributed by atoms with van der Waals surface area (Å²) in [6.45, 7) is 4.95. The molecule has 0 saturated carbocycles. The zero-order valence-electron chi connectivity index (χ0n) is 9.66. The van der Waals surface area contributed by atoms with Gasteiger partial charge in [-0.05, 0) is 38.6 Å². The van der Waals surface area contributed by atoms with E-state index in [1.807, 2.05) is 39.1 Å². The van der Waals surface area contributed by atoms with Gasteiger partial charge in [-0.25, -0.2) is 0 Å². The molecule has 0 unspecified atom stereocenters. The molecular weight excluding hydrogens is 186 g/mol. The van der Waals surface area contributed by atoms with Gasteiger partial charge in [0.25, 0.3) is 0 Å². The van der Waals surface area contributed by atoms with E-state index in [-0.39, 0.29) is 6.10 Å². The van der Waals surface area contributed by atoms with Crippen molar-refractivity contribution in [1.82, 2.24) is 5.32 Å². The maximum atomic E-state index is 5.61. The molecule has 1 N–H and O–H groups in total. The molecule has 0 fully saturated rings. The van der Waals surface area contributed by atoms with Crippen LogP contribution >= 0.6 is 0 Å². The molecule has 0 aliphatic carbocycles. The molecule has 0 atom stereocenters. The van der Waals surface area contributed by atoms with Crippen molar-refractivity contribution >= 4 is 6.08 Å². The number of ether oxygens (including phenoxy) is 1. The molecule has 0 bridgehead atoms. The third-order valence-electron chi connectivity index (χ3n) is 1.86. The smallest absolute Gasteiger partial charge is 0.120 e. The summed E-state index contributed by atoms with van der Waals surface area (Å²) in [5, 5.41) is 3.07. The van der Waals surface area contributed by atoms with E-state index in [9.17, 15) is 0 Å². The van der Waals surface area contributed by atoms with Gasteiger partial charge in [-0.1, -0.05) is 24.3 Å². The van der Waals surface area contributed by atoms with Gasteiger partial charge in [-0.2, -0.15) is 0 Å². The molecule has 2 nitrogen and oxygen atoms in total. The zero-order chi connectivity index (χ0) is 11.1. The predicted molar refractivity (Wildman–Crippen MR) is 65.2 cm³/mol. The fourth-order valence-electron chi connectivity index (χ4n) is 1.28. The monoisotopic (exact) mass is 205 g/mol. The number of benzene rings is 1. The van der Waals surface area contributed by atoms with Crippen LogP contribution in [0.2, 0.25) is 0 Å². The van der Waals surface area contributed by atoms with Crippen LogP contribution in [0.1, 0.15) is 19.4 Å². The molecule has 0 radical (unpaired) electrons. The van der Waals surface area contributed by atoms with Crippen molar-refractivity contribution in [3.63, 3.8) is 0 Å². The number of nitrogens with one attached hydrogen (secondary N) is 1. The molecule has 0 saturated heterocycles. The van der Waals surface area contributed by atoms with Gasteiger partial charge in [0.05, 0.1) is 6.10 Å². The van der Waals surface area contributed by atoms with E-state index in [4.69, 9.17) is 4.74 Å². The average molecular weight is 205 g/mol. The van der Waals surface area contributed by atoms with E-state index in [1.54, 1.807) is 0 Å². The van der Waals surface area contributed by atoms with Gasteiger partial charge < -0.3 is 10.1 Å². The van der Waals surface area contributed by atoms with Crippen LogP contribution in [0.15, 0.2) is 30.3 Å². The van der Waals surface area contributed by atoms with Crippen LogP contribution in [0, 0.1) is 0 Å². The summed E-state index contributed by atoms with van der Waals surface area (Å²) in [7, 11) is 1.93. The van der Waals surface area contributed by atoms with Gasteiger partial charge >= 0.3 is 0 Å². The minimum Gasteiger partial charge on any atom is -0.491 e. The van der Waals surface area contributed by atoms with Gasteiger partial charge in [-0.15, -0.1) is 0 Å². The first-order chi connectivity index (χ1) is 7.22. The first kappa shape index (κ1) is 11.8. The van der Waals surface area contributed by atoms with Gasteiger partial charge in [0.2, 0.25) is 0 Å². The second-order valence-corrected chi connectivity index (χ2v) is 3.70. The summed E-state index contributed by atoms with van der Waals surface area (Å²) in [6, 6.07) is 8.11. The lowest BCUT2D eigenvalue weighted by atomic mass is 10.2. The zero-order valence-corrected chi connectivity index (χ0v) is 9.66. The Morgan fingerprint density at radius 1 is 1.40 bits per heavy atom.